The minimum Gasteiger partial charge on any atom is -0.478 e. The third-order valence-corrected chi connectivity index (χ3v) is 2.37. The van der Waals surface area contributed by atoms with Crippen LogP contribution in [-0.4, -0.2) is 11.1 Å². The zero-order chi connectivity index (χ0) is 15.7. The molecule has 0 aromatic heterocycles. The highest BCUT2D eigenvalue weighted by atomic mass is 19.4. The molecule has 0 saturated heterocycles. The van der Waals surface area contributed by atoms with Crippen LogP contribution in [0.5, 0.6) is 0 Å². The van der Waals surface area contributed by atoms with Gasteiger partial charge in [-0.25, -0.2) is 4.79 Å². The van der Waals surface area contributed by atoms with Crippen molar-refractivity contribution < 1.29 is 36.2 Å². The minimum absolute atomic E-state index is 0.273. The van der Waals surface area contributed by atoms with Crippen molar-refractivity contribution in [1.82, 2.24) is 0 Å². The van der Waals surface area contributed by atoms with E-state index in [4.69, 9.17) is 5.11 Å². The summed E-state index contributed by atoms with van der Waals surface area (Å²) in [5.41, 5.74) is -4.50. The van der Waals surface area contributed by atoms with Crippen molar-refractivity contribution in [3.8, 4) is 0 Å². The normalized spacial score (nSPS) is 12.9. The molecule has 0 aliphatic rings. The highest BCUT2D eigenvalue weighted by Gasteiger charge is 2.44. The molecular weight excluding hydrogens is 290 g/mol. The van der Waals surface area contributed by atoms with Gasteiger partial charge in [0.15, 0.2) is 0 Å². The molecule has 1 N–H and O–H groups in total. The summed E-state index contributed by atoms with van der Waals surface area (Å²) in [5.74, 6) is -1.42. The Bertz CT molecular complexity index is 554. The average molecular weight is 298 g/mol. The van der Waals surface area contributed by atoms with Gasteiger partial charge in [-0.2, -0.15) is 26.3 Å². The Hall–Kier alpha value is -1.99. The van der Waals surface area contributed by atoms with E-state index >= 15 is 0 Å². The fourth-order valence-electron chi connectivity index (χ4n) is 1.68. The van der Waals surface area contributed by atoms with E-state index in [0.717, 1.165) is 19.1 Å². The number of aryl methyl sites for hydroxylation is 1. The monoisotopic (exact) mass is 298 g/mol. The zero-order valence-corrected chi connectivity index (χ0v) is 9.93. The van der Waals surface area contributed by atoms with Crippen LogP contribution in [0.25, 0.3) is 6.08 Å². The van der Waals surface area contributed by atoms with E-state index in [9.17, 15) is 31.1 Å². The summed E-state index contributed by atoms with van der Waals surface area (Å²) < 4.78 is 76.1. The van der Waals surface area contributed by atoms with Gasteiger partial charge in [0, 0.05) is 6.08 Å². The summed E-state index contributed by atoms with van der Waals surface area (Å²) in [6.45, 7) is 0.885. The summed E-state index contributed by atoms with van der Waals surface area (Å²) in [4.78, 5) is 10.3. The van der Waals surface area contributed by atoms with Gasteiger partial charge in [-0.3, -0.25) is 0 Å². The van der Waals surface area contributed by atoms with Gasteiger partial charge in [0.25, 0.3) is 0 Å². The molecule has 1 aromatic carbocycles. The summed E-state index contributed by atoms with van der Waals surface area (Å²) in [7, 11) is 0. The van der Waals surface area contributed by atoms with E-state index in [1.165, 1.54) is 0 Å². The second-order valence-electron chi connectivity index (χ2n) is 3.93. The lowest BCUT2D eigenvalue weighted by molar-refractivity contribution is -0.162. The maximum atomic E-state index is 12.7. The second kappa shape index (κ2) is 5.18. The Kier molecular flexibility index (Phi) is 4.16. The molecule has 110 valence electrons. The summed E-state index contributed by atoms with van der Waals surface area (Å²) in [6, 6.07) is 1.12. The lowest BCUT2D eigenvalue weighted by atomic mass is 9.97. The molecular formula is C12H8F6O2. The largest absolute Gasteiger partial charge is 0.478 e. The van der Waals surface area contributed by atoms with Crippen LogP contribution < -0.4 is 0 Å². The summed E-state index contributed by atoms with van der Waals surface area (Å²) >= 11 is 0. The topological polar surface area (TPSA) is 37.3 Å². The molecule has 20 heavy (non-hydrogen) atoms. The van der Waals surface area contributed by atoms with E-state index in [0.29, 0.717) is 6.08 Å². The Labute approximate surface area is 109 Å². The van der Waals surface area contributed by atoms with Crippen LogP contribution >= 0.6 is 0 Å². The molecule has 0 amide bonds. The van der Waals surface area contributed by atoms with Crippen LogP contribution in [0.3, 0.4) is 0 Å². The molecule has 0 radical (unpaired) electrons. The van der Waals surface area contributed by atoms with Crippen molar-refractivity contribution in [2.45, 2.75) is 19.3 Å². The van der Waals surface area contributed by atoms with Gasteiger partial charge in [-0.15, -0.1) is 0 Å². The number of halogens is 6. The van der Waals surface area contributed by atoms with Crippen LogP contribution in [0.4, 0.5) is 26.3 Å². The lowest BCUT2D eigenvalue weighted by Gasteiger charge is -2.18. The number of carboxylic acid groups (broad SMARTS) is 1. The summed E-state index contributed by atoms with van der Waals surface area (Å²) in [6.07, 6.45) is -9.00. The van der Waals surface area contributed by atoms with Crippen molar-refractivity contribution in [3.63, 3.8) is 0 Å². The first-order valence-corrected chi connectivity index (χ1v) is 5.13. The van der Waals surface area contributed by atoms with E-state index in [-0.39, 0.29) is 11.6 Å². The molecule has 0 aliphatic heterocycles. The number of benzene rings is 1. The minimum atomic E-state index is -5.19. The summed E-state index contributed by atoms with van der Waals surface area (Å²) in [5, 5.41) is 8.37. The number of hydrogen-bond acceptors (Lipinski definition) is 1. The van der Waals surface area contributed by atoms with Crippen molar-refractivity contribution in [3.05, 3.63) is 40.5 Å². The number of carboxylic acids is 1. The standard InChI is InChI=1S/C12H8F6O2/c1-6-4-7(2-3-9(19)20)5-8(11(13,14)15)10(6)12(16,17)18/h2-5H,1H3,(H,19,20)/b3-2+. The SMILES string of the molecule is Cc1cc(/C=C/C(=O)O)cc(C(F)(F)F)c1C(F)(F)F. The quantitative estimate of drug-likeness (QED) is 0.658. The Morgan fingerprint density at radius 2 is 1.65 bits per heavy atom. The zero-order valence-electron chi connectivity index (χ0n) is 9.93. The number of aliphatic carboxylic acids is 1. The van der Waals surface area contributed by atoms with Gasteiger partial charge in [-0.05, 0) is 30.2 Å². The molecule has 0 atom stereocenters. The van der Waals surface area contributed by atoms with Gasteiger partial charge >= 0.3 is 18.3 Å². The third kappa shape index (κ3) is 3.75. The van der Waals surface area contributed by atoms with Crippen molar-refractivity contribution in [2.24, 2.45) is 0 Å². The number of rotatable bonds is 2. The maximum Gasteiger partial charge on any atom is 0.417 e. The van der Waals surface area contributed by atoms with E-state index < -0.39 is 35.0 Å². The molecule has 8 heteroatoms. The second-order valence-corrected chi connectivity index (χ2v) is 3.93. The van der Waals surface area contributed by atoms with Gasteiger partial charge in [0.1, 0.15) is 0 Å². The van der Waals surface area contributed by atoms with Crippen LogP contribution in [0.15, 0.2) is 18.2 Å². The number of hydrogen-bond donors (Lipinski definition) is 1. The molecule has 1 aromatic rings. The Balaban J connectivity index is 3.54. The predicted octanol–water partition coefficient (Wildman–Crippen LogP) is 4.13. The van der Waals surface area contributed by atoms with E-state index in [1.54, 1.807) is 0 Å². The fraction of sp³-hybridized carbons (Fsp3) is 0.250. The van der Waals surface area contributed by atoms with Gasteiger partial charge in [-0.1, -0.05) is 6.07 Å². The molecule has 0 spiro atoms. The molecule has 2 nitrogen and oxygen atoms in total. The first-order valence-electron chi connectivity index (χ1n) is 5.13. The first kappa shape index (κ1) is 16.1. The maximum absolute atomic E-state index is 12.7. The highest BCUT2D eigenvalue weighted by molar-refractivity contribution is 5.85. The number of carbonyl (C=O) groups is 1. The predicted molar refractivity (Wildman–Crippen MR) is 57.9 cm³/mol. The first-order chi connectivity index (χ1) is 8.93. The van der Waals surface area contributed by atoms with Crippen LogP contribution in [-0.2, 0) is 17.1 Å². The average Bonchev–Trinajstić information content (AvgIpc) is 2.22. The van der Waals surface area contributed by atoms with Crippen molar-refractivity contribution in [1.29, 1.82) is 0 Å². The smallest absolute Gasteiger partial charge is 0.417 e. The Morgan fingerprint density at radius 1 is 1.10 bits per heavy atom. The lowest BCUT2D eigenvalue weighted by Crippen LogP contribution is -2.18. The number of alkyl halides is 6. The van der Waals surface area contributed by atoms with Gasteiger partial charge in [0.05, 0.1) is 11.1 Å². The third-order valence-electron chi connectivity index (χ3n) is 2.37. The van der Waals surface area contributed by atoms with Crippen LogP contribution in [0.1, 0.15) is 22.3 Å². The molecule has 0 heterocycles. The van der Waals surface area contributed by atoms with Crippen LogP contribution in [0.2, 0.25) is 0 Å². The molecule has 0 fully saturated rings. The van der Waals surface area contributed by atoms with Gasteiger partial charge < -0.3 is 5.11 Å². The van der Waals surface area contributed by atoms with Gasteiger partial charge in [0.2, 0.25) is 0 Å². The molecule has 1 rings (SSSR count). The Morgan fingerprint density at radius 3 is 2.05 bits per heavy atom. The van der Waals surface area contributed by atoms with E-state index in [1.807, 2.05) is 0 Å². The van der Waals surface area contributed by atoms with Crippen molar-refractivity contribution >= 4 is 12.0 Å². The highest BCUT2D eigenvalue weighted by Crippen LogP contribution is 2.42. The molecule has 0 saturated carbocycles. The molecule has 0 aliphatic carbocycles. The van der Waals surface area contributed by atoms with E-state index in [2.05, 4.69) is 0 Å². The van der Waals surface area contributed by atoms with Crippen LogP contribution in [0, 0.1) is 6.92 Å². The fourth-order valence-corrected chi connectivity index (χ4v) is 1.68. The molecule has 0 bridgehead atoms. The van der Waals surface area contributed by atoms with Crippen molar-refractivity contribution in [2.75, 3.05) is 0 Å². The molecule has 0 unspecified atom stereocenters.